The van der Waals surface area contributed by atoms with Crippen LogP contribution in [0.2, 0.25) is 0 Å². The zero-order valence-electron chi connectivity index (χ0n) is 14.5. The average Bonchev–Trinajstić information content (AvgIpc) is 3.13. The lowest BCUT2D eigenvalue weighted by Gasteiger charge is -2.06. The number of ether oxygens (including phenoxy) is 1. The molecule has 0 unspecified atom stereocenters. The van der Waals surface area contributed by atoms with Gasteiger partial charge in [-0.15, -0.1) is 0 Å². The minimum atomic E-state index is -0.927. The first kappa shape index (κ1) is 17.5. The molecule has 28 heavy (non-hydrogen) atoms. The van der Waals surface area contributed by atoms with Crippen LogP contribution in [0.4, 0.5) is 10.1 Å². The number of nitro groups is 1. The number of hydrogen-bond acceptors (Lipinski definition) is 6. The summed E-state index contributed by atoms with van der Waals surface area (Å²) in [5.74, 6) is 0.606. The third-order valence-electron chi connectivity index (χ3n) is 4.11. The van der Waals surface area contributed by atoms with E-state index < -0.39 is 11.0 Å². The van der Waals surface area contributed by atoms with Crippen molar-refractivity contribution in [3.63, 3.8) is 0 Å². The van der Waals surface area contributed by atoms with Crippen LogP contribution in [0.1, 0.15) is 5.56 Å². The molecule has 8 nitrogen and oxygen atoms in total. The number of halogens is 1. The molecule has 2 aromatic heterocycles. The second kappa shape index (κ2) is 7.39. The average molecular weight is 379 g/mol. The van der Waals surface area contributed by atoms with Gasteiger partial charge in [0.25, 0.3) is 5.69 Å². The first-order valence-corrected chi connectivity index (χ1v) is 8.45. The Bertz CT molecular complexity index is 1130. The Morgan fingerprint density at radius 1 is 1.04 bits per heavy atom. The molecule has 0 amide bonds. The molecule has 0 aliphatic rings. The van der Waals surface area contributed by atoms with Gasteiger partial charge in [0.2, 0.25) is 5.88 Å². The molecule has 9 heteroatoms. The Morgan fingerprint density at radius 3 is 2.50 bits per heavy atom. The standard InChI is InChI=1S/C19H14FN5O3/c20-19-23-17-15(21-16(22-17)13-4-2-1-3-5-13)18(24-19)28-11-10-12-6-8-14(9-7-12)25(26)27/h1-9H,10-11H2,(H,21,22,23,24). The van der Waals surface area contributed by atoms with Crippen molar-refractivity contribution >= 4 is 16.9 Å². The van der Waals surface area contributed by atoms with Gasteiger partial charge in [-0.2, -0.15) is 14.4 Å². The van der Waals surface area contributed by atoms with Crippen LogP contribution in [0.3, 0.4) is 0 Å². The highest BCUT2D eigenvalue weighted by atomic mass is 19.1. The lowest BCUT2D eigenvalue weighted by atomic mass is 10.1. The minimum absolute atomic E-state index is 0.0233. The fraction of sp³-hybridized carbons (Fsp3) is 0.105. The van der Waals surface area contributed by atoms with Crippen molar-refractivity contribution in [3.8, 4) is 17.3 Å². The Balaban J connectivity index is 1.53. The van der Waals surface area contributed by atoms with Crippen LogP contribution >= 0.6 is 0 Å². The Hall–Kier alpha value is -3.88. The molecule has 4 aromatic rings. The van der Waals surface area contributed by atoms with E-state index in [1.165, 1.54) is 12.1 Å². The van der Waals surface area contributed by atoms with Crippen LogP contribution in [-0.2, 0) is 6.42 Å². The summed E-state index contributed by atoms with van der Waals surface area (Å²) in [5, 5.41) is 10.7. The van der Waals surface area contributed by atoms with Crippen LogP contribution in [0.15, 0.2) is 54.6 Å². The lowest BCUT2D eigenvalue weighted by Crippen LogP contribution is -2.05. The van der Waals surface area contributed by atoms with E-state index in [0.717, 1.165) is 11.1 Å². The molecule has 0 aliphatic carbocycles. The molecule has 0 spiro atoms. The number of non-ortho nitro benzene ring substituents is 1. The van der Waals surface area contributed by atoms with Crippen molar-refractivity contribution in [2.75, 3.05) is 6.61 Å². The number of benzene rings is 2. The molecule has 4 rings (SSSR count). The van der Waals surface area contributed by atoms with E-state index in [2.05, 4.69) is 19.9 Å². The van der Waals surface area contributed by atoms with Crippen LogP contribution in [-0.4, -0.2) is 31.5 Å². The zero-order valence-corrected chi connectivity index (χ0v) is 14.5. The van der Waals surface area contributed by atoms with Crippen LogP contribution in [0.5, 0.6) is 5.88 Å². The fourth-order valence-corrected chi connectivity index (χ4v) is 2.73. The van der Waals surface area contributed by atoms with E-state index in [0.29, 0.717) is 17.8 Å². The number of nitro benzene ring substituents is 1. The second-order valence-electron chi connectivity index (χ2n) is 5.97. The molecule has 0 bridgehead atoms. The molecule has 0 saturated heterocycles. The Kier molecular flexibility index (Phi) is 4.63. The Morgan fingerprint density at radius 2 is 1.79 bits per heavy atom. The minimum Gasteiger partial charge on any atom is -0.476 e. The quantitative estimate of drug-likeness (QED) is 0.311. The highest BCUT2D eigenvalue weighted by Gasteiger charge is 2.15. The SMILES string of the molecule is O=[N+]([O-])c1ccc(CCOc2nc(F)nc3nc(-c4ccccc4)[nH]c23)cc1. The molecule has 0 fully saturated rings. The summed E-state index contributed by atoms with van der Waals surface area (Å²) in [6.45, 7) is 0.211. The number of aromatic amines is 1. The first-order chi connectivity index (χ1) is 13.6. The molecular formula is C19H14FN5O3. The number of aromatic nitrogens is 4. The summed E-state index contributed by atoms with van der Waals surface area (Å²) < 4.78 is 19.4. The first-order valence-electron chi connectivity index (χ1n) is 8.45. The van der Waals surface area contributed by atoms with Crippen molar-refractivity contribution in [2.45, 2.75) is 6.42 Å². The van der Waals surface area contributed by atoms with Gasteiger partial charge >= 0.3 is 6.08 Å². The van der Waals surface area contributed by atoms with E-state index in [1.807, 2.05) is 30.3 Å². The molecule has 140 valence electrons. The smallest absolute Gasteiger partial charge is 0.314 e. The highest BCUT2D eigenvalue weighted by Crippen LogP contribution is 2.25. The number of fused-ring (bicyclic) bond motifs is 1. The summed E-state index contributed by atoms with van der Waals surface area (Å²) in [6, 6.07) is 15.5. The molecule has 2 heterocycles. The van der Waals surface area contributed by atoms with Gasteiger partial charge in [-0.3, -0.25) is 10.1 Å². The van der Waals surface area contributed by atoms with Gasteiger partial charge < -0.3 is 9.72 Å². The lowest BCUT2D eigenvalue weighted by molar-refractivity contribution is -0.384. The third kappa shape index (κ3) is 3.63. The van der Waals surface area contributed by atoms with Gasteiger partial charge in [0.15, 0.2) is 5.65 Å². The van der Waals surface area contributed by atoms with E-state index in [9.17, 15) is 14.5 Å². The molecule has 0 radical (unpaired) electrons. The maximum atomic E-state index is 13.8. The van der Waals surface area contributed by atoms with Crippen molar-refractivity contribution in [3.05, 3.63) is 76.4 Å². The molecule has 1 N–H and O–H groups in total. The number of rotatable bonds is 6. The van der Waals surface area contributed by atoms with Crippen molar-refractivity contribution in [1.82, 2.24) is 19.9 Å². The van der Waals surface area contributed by atoms with E-state index in [-0.39, 0.29) is 23.8 Å². The predicted octanol–water partition coefficient (Wildman–Crippen LogP) is 3.69. The fourth-order valence-electron chi connectivity index (χ4n) is 2.73. The molecule has 0 saturated carbocycles. The summed E-state index contributed by atoms with van der Waals surface area (Å²) >= 11 is 0. The monoisotopic (exact) mass is 379 g/mol. The number of hydrogen-bond donors (Lipinski definition) is 1. The zero-order chi connectivity index (χ0) is 19.5. The van der Waals surface area contributed by atoms with Crippen LogP contribution < -0.4 is 4.74 Å². The van der Waals surface area contributed by atoms with E-state index >= 15 is 0 Å². The largest absolute Gasteiger partial charge is 0.476 e. The number of imidazole rings is 1. The van der Waals surface area contributed by atoms with E-state index in [4.69, 9.17) is 4.74 Å². The van der Waals surface area contributed by atoms with Crippen molar-refractivity contribution in [1.29, 1.82) is 0 Å². The number of H-pyrrole nitrogens is 1. The highest BCUT2D eigenvalue weighted by molar-refractivity contribution is 5.80. The van der Waals surface area contributed by atoms with Gasteiger partial charge in [0.1, 0.15) is 11.3 Å². The molecular weight excluding hydrogens is 365 g/mol. The van der Waals surface area contributed by atoms with Gasteiger partial charge in [0, 0.05) is 24.1 Å². The summed E-state index contributed by atoms with van der Waals surface area (Å²) in [4.78, 5) is 25.0. The van der Waals surface area contributed by atoms with Gasteiger partial charge in [0.05, 0.1) is 11.5 Å². The Labute approximate surface area is 158 Å². The van der Waals surface area contributed by atoms with Crippen LogP contribution in [0.25, 0.3) is 22.6 Å². The van der Waals surface area contributed by atoms with Crippen molar-refractivity contribution < 1.29 is 14.1 Å². The maximum absolute atomic E-state index is 13.8. The normalized spacial score (nSPS) is 10.9. The van der Waals surface area contributed by atoms with E-state index in [1.54, 1.807) is 12.1 Å². The molecule has 0 aliphatic heterocycles. The second-order valence-corrected chi connectivity index (χ2v) is 5.97. The summed E-state index contributed by atoms with van der Waals surface area (Å²) in [6.07, 6.45) is -0.450. The third-order valence-corrected chi connectivity index (χ3v) is 4.11. The molecule has 2 aromatic carbocycles. The summed E-state index contributed by atoms with van der Waals surface area (Å²) in [7, 11) is 0. The number of nitrogens with one attached hydrogen (secondary N) is 1. The number of nitrogens with zero attached hydrogens (tertiary/aromatic N) is 4. The van der Waals surface area contributed by atoms with Gasteiger partial charge in [-0.05, 0) is 5.56 Å². The predicted molar refractivity (Wildman–Crippen MR) is 99.4 cm³/mol. The van der Waals surface area contributed by atoms with Gasteiger partial charge in [-0.1, -0.05) is 42.5 Å². The van der Waals surface area contributed by atoms with Crippen molar-refractivity contribution in [2.24, 2.45) is 0 Å². The topological polar surface area (TPSA) is 107 Å². The van der Waals surface area contributed by atoms with Crippen LogP contribution in [0, 0.1) is 16.2 Å². The van der Waals surface area contributed by atoms with Gasteiger partial charge in [-0.25, -0.2) is 4.98 Å². The summed E-state index contributed by atoms with van der Waals surface area (Å²) in [5.41, 5.74) is 2.29. The maximum Gasteiger partial charge on any atom is 0.314 e. The molecule has 0 atom stereocenters.